The maximum absolute atomic E-state index is 12.1. The zero-order chi connectivity index (χ0) is 16.6. The summed E-state index contributed by atoms with van der Waals surface area (Å²) in [5.74, 6) is 0.409. The summed E-state index contributed by atoms with van der Waals surface area (Å²) >= 11 is 0. The van der Waals surface area contributed by atoms with Crippen LogP contribution in [-0.4, -0.2) is 37.8 Å². The van der Waals surface area contributed by atoms with Gasteiger partial charge in [0.15, 0.2) is 9.84 Å². The number of amides is 2. The van der Waals surface area contributed by atoms with Crippen molar-refractivity contribution in [2.75, 3.05) is 16.8 Å². The van der Waals surface area contributed by atoms with Gasteiger partial charge in [-0.2, -0.15) is 0 Å². The molecule has 3 atom stereocenters. The second kappa shape index (κ2) is 5.96. The minimum absolute atomic E-state index is 0.00640. The Bertz CT molecular complexity index is 727. The van der Waals surface area contributed by atoms with Gasteiger partial charge in [0, 0.05) is 23.2 Å². The van der Waals surface area contributed by atoms with Gasteiger partial charge < -0.3 is 10.6 Å². The van der Waals surface area contributed by atoms with Gasteiger partial charge in [-0.25, -0.2) is 8.42 Å². The van der Waals surface area contributed by atoms with Gasteiger partial charge in [0.1, 0.15) is 0 Å². The number of nitrogens with one attached hydrogen (secondary N) is 2. The predicted molar refractivity (Wildman–Crippen MR) is 86.9 cm³/mol. The molecule has 0 radical (unpaired) electrons. The van der Waals surface area contributed by atoms with Gasteiger partial charge in [-0.3, -0.25) is 9.59 Å². The lowest BCUT2D eigenvalue weighted by Gasteiger charge is -2.11. The minimum atomic E-state index is -3.01. The fourth-order valence-corrected chi connectivity index (χ4v) is 4.48. The van der Waals surface area contributed by atoms with Gasteiger partial charge in [-0.15, -0.1) is 0 Å². The maximum Gasteiger partial charge on any atom is 0.251 e. The molecule has 1 aromatic rings. The van der Waals surface area contributed by atoms with E-state index in [2.05, 4.69) is 10.6 Å². The molecule has 1 saturated heterocycles. The second-order valence-corrected chi connectivity index (χ2v) is 8.69. The Morgan fingerprint density at radius 1 is 1.17 bits per heavy atom. The largest absolute Gasteiger partial charge is 0.348 e. The first-order valence-electron chi connectivity index (χ1n) is 7.76. The van der Waals surface area contributed by atoms with Gasteiger partial charge in [0.2, 0.25) is 5.91 Å². The Kier molecular flexibility index (Phi) is 4.14. The van der Waals surface area contributed by atoms with Crippen molar-refractivity contribution < 1.29 is 18.0 Å². The number of benzene rings is 1. The Morgan fingerprint density at radius 2 is 1.83 bits per heavy atom. The summed E-state index contributed by atoms with van der Waals surface area (Å²) in [4.78, 5) is 24.0. The molecule has 3 rings (SSSR count). The first kappa shape index (κ1) is 16.0. The Labute approximate surface area is 135 Å². The quantitative estimate of drug-likeness (QED) is 0.864. The van der Waals surface area contributed by atoms with Gasteiger partial charge in [-0.05, 0) is 43.0 Å². The molecule has 2 N–H and O–H groups in total. The lowest BCUT2D eigenvalue weighted by molar-refractivity contribution is -0.117. The molecular weight excluding hydrogens is 316 g/mol. The summed E-state index contributed by atoms with van der Waals surface area (Å²) in [5, 5.41) is 5.57. The van der Waals surface area contributed by atoms with Crippen molar-refractivity contribution in [3.05, 3.63) is 29.8 Å². The van der Waals surface area contributed by atoms with E-state index in [1.807, 2.05) is 6.92 Å². The Morgan fingerprint density at radius 3 is 2.35 bits per heavy atom. The molecule has 0 aromatic heterocycles. The molecule has 2 amide bonds. The monoisotopic (exact) mass is 336 g/mol. The zero-order valence-electron chi connectivity index (χ0n) is 12.9. The van der Waals surface area contributed by atoms with E-state index in [4.69, 9.17) is 0 Å². The number of carbonyl (C=O) groups excluding carboxylic acids is 2. The summed E-state index contributed by atoms with van der Waals surface area (Å²) in [6.07, 6.45) is 1.39. The van der Waals surface area contributed by atoms with Crippen LogP contribution in [0.4, 0.5) is 5.69 Å². The zero-order valence-corrected chi connectivity index (χ0v) is 13.7. The predicted octanol–water partition coefficient (Wildman–Crippen LogP) is 1.20. The summed E-state index contributed by atoms with van der Waals surface area (Å²) in [6.45, 7) is 2.04. The molecule has 0 bridgehead atoms. The fraction of sp³-hybridized carbons (Fsp3) is 0.500. The molecule has 23 heavy (non-hydrogen) atoms. The van der Waals surface area contributed by atoms with E-state index in [0.29, 0.717) is 23.6 Å². The first-order valence-corrected chi connectivity index (χ1v) is 9.58. The third kappa shape index (κ3) is 3.90. The van der Waals surface area contributed by atoms with Gasteiger partial charge >= 0.3 is 0 Å². The Hall–Kier alpha value is -1.89. The van der Waals surface area contributed by atoms with Gasteiger partial charge in [0.25, 0.3) is 5.91 Å². The van der Waals surface area contributed by atoms with E-state index in [9.17, 15) is 18.0 Å². The van der Waals surface area contributed by atoms with Crippen molar-refractivity contribution >= 4 is 27.3 Å². The highest BCUT2D eigenvalue weighted by atomic mass is 32.2. The van der Waals surface area contributed by atoms with Crippen LogP contribution in [-0.2, 0) is 14.6 Å². The number of anilines is 1. The van der Waals surface area contributed by atoms with Crippen molar-refractivity contribution in [3.63, 3.8) is 0 Å². The molecular formula is C16H20N2O4S. The van der Waals surface area contributed by atoms with Gasteiger partial charge in [-0.1, -0.05) is 6.92 Å². The van der Waals surface area contributed by atoms with Crippen LogP contribution in [0.3, 0.4) is 0 Å². The third-order valence-electron chi connectivity index (χ3n) is 4.43. The van der Waals surface area contributed by atoms with Crippen molar-refractivity contribution in [3.8, 4) is 0 Å². The van der Waals surface area contributed by atoms with Crippen LogP contribution >= 0.6 is 0 Å². The van der Waals surface area contributed by atoms with Crippen LogP contribution in [0.25, 0.3) is 0 Å². The van der Waals surface area contributed by atoms with E-state index in [0.717, 1.165) is 6.42 Å². The van der Waals surface area contributed by atoms with E-state index in [1.165, 1.54) is 0 Å². The lowest BCUT2D eigenvalue weighted by Crippen LogP contribution is -2.35. The average molecular weight is 336 g/mol. The van der Waals surface area contributed by atoms with Crippen LogP contribution in [0.15, 0.2) is 24.3 Å². The molecule has 0 unspecified atom stereocenters. The number of sulfone groups is 1. The molecule has 2 aliphatic rings. The summed E-state index contributed by atoms with van der Waals surface area (Å²) in [5.41, 5.74) is 1.11. The number of hydrogen-bond donors (Lipinski definition) is 2. The van der Waals surface area contributed by atoms with Crippen molar-refractivity contribution in [1.29, 1.82) is 0 Å². The van der Waals surface area contributed by atoms with Crippen molar-refractivity contribution in [1.82, 2.24) is 5.32 Å². The van der Waals surface area contributed by atoms with E-state index >= 15 is 0 Å². The highest BCUT2D eigenvalue weighted by molar-refractivity contribution is 7.91. The third-order valence-corrected chi connectivity index (χ3v) is 6.20. The van der Waals surface area contributed by atoms with Crippen LogP contribution in [0.1, 0.15) is 30.1 Å². The average Bonchev–Trinajstić information content (AvgIpc) is 3.13. The summed E-state index contributed by atoms with van der Waals surface area (Å²) in [6, 6.07) is 6.31. The number of carbonyl (C=O) groups is 2. The maximum atomic E-state index is 12.1. The molecule has 1 aliphatic carbocycles. The molecule has 6 nitrogen and oxygen atoms in total. The van der Waals surface area contributed by atoms with Crippen LogP contribution in [0, 0.1) is 11.8 Å². The molecule has 1 heterocycles. The SMILES string of the molecule is C[C@@H]1C[C@H]1C(=O)Nc1ccc(C(=O)N[C@H]2CCS(=O)(=O)C2)cc1. The van der Waals surface area contributed by atoms with Crippen LogP contribution in [0.5, 0.6) is 0 Å². The van der Waals surface area contributed by atoms with Gasteiger partial charge in [0.05, 0.1) is 11.5 Å². The smallest absolute Gasteiger partial charge is 0.251 e. The number of rotatable bonds is 4. The standard InChI is InChI=1S/C16H20N2O4S/c1-10-8-14(10)16(20)17-12-4-2-11(3-5-12)15(19)18-13-6-7-23(21,22)9-13/h2-5,10,13-14H,6-9H2,1H3,(H,17,20)(H,18,19)/t10-,13+,14-/m1/s1. The molecule has 1 aromatic carbocycles. The molecule has 1 aliphatic heterocycles. The second-order valence-electron chi connectivity index (χ2n) is 6.46. The molecule has 2 fully saturated rings. The molecule has 1 saturated carbocycles. The summed E-state index contributed by atoms with van der Waals surface area (Å²) < 4.78 is 22.8. The van der Waals surface area contributed by atoms with E-state index < -0.39 is 9.84 Å². The molecule has 0 spiro atoms. The summed E-state index contributed by atoms with van der Waals surface area (Å²) in [7, 11) is -3.01. The number of hydrogen-bond acceptors (Lipinski definition) is 4. The minimum Gasteiger partial charge on any atom is -0.348 e. The molecule has 7 heteroatoms. The van der Waals surface area contributed by atoms with E-state index in [1.54, 1.807) is 24.3 Å². The first-order chi connectivity index (χ1) is 10.8. The van der Waals surface area contributed by atoms with Crippen LogP contribution in [0.2, 0.25) is 0 Å². The Balaban J connectivity index is 1.56. The highest BCUT2D eigenvalue weighted by Crippen LogP contribution is 2.38. The van der Waals surface area contributed by atoms with E-state index in [-0.39, 0.29) is 35.3 Å². The molecule has 124 valence electrons. The fourth-order valence-electron chi connectivity index (χ4n) is 2.80. The lowest BCUT2D eigenvalue weighted by atomic mass is 10.1. The van der Waals surface area contributed by atoms with Crippen molar-refractivity contribution in [2.24, 2.45) is 11.8 Å². The normalized spacial score (nSPS) is 28.1. The highest BCUT2D eigenvalue weighted by Gasteiger charge is 2.39. The van der Waals surface area contributed by atoms with Crippen molar-refractivity contribution in [2.45, 2.75) is 25.8 Å². The topological polar surface area (TPSA) is 92.3 Å². The van der Waals surface area contributed by atoms with Crippen LogP contribution < -0.4 is 10.6 Å².